The summed E-state index contributed by atoms with van der Waals surface area (Å²) >= 11 is 0. The second-order valence-electron chi connectivity index (χ2n) is 5.39. The van der Waals surface area contributed by atoms with Crippen molar-refractivity contribution in [3.63, 3.8) is 0 Å². The summed E-state index contributed by atoms with van der Waals surface area (Å²) in [6, 6.07) is 5.76. The molecule has 0 bridgehead atoms. The number of carboxylic acid groups (broad SMARTS) is 2. The lowest BCUT2D eigenvalue weighted by Crippen LogP contribution is -3.05. The summed E-state index contributed by atoms with van der Waals surface area (Å²) in [5.41, 5.74) is 3.14. The summed E-state index contributed by atoms with van der Waals surface area (Å²) in [5, 5.41) is 18.2. The molecule has 7 nitrogen and oxygen atoms in total. The fourth-order valence-corrected chi connectivity index (χ4v) is 1.98. The smallest absolute Gasteiger partial charge is 0.309 e. The number of quaternary nitrogens is 1. The van der Waals surface area contributed by atoms with Gasteiger partial charge in [-0.3, -0.25) is 9.59 Å². The molecule has 0 fully saturated rings. The zero-order valence-corrected chi connectivity index (χ0v) is 13.1. The Morgan fingerprint density at radius 2 is 2.04 bits per heavy atom. The first-order valence-electron chi connectivity index (χ1n) is 7.09. The Morgan fingerprint density at radius 1 is 1.35 bits per heavy atom. The van der Waals surface area contributed by atoms with Crippen molar-refractivity contribution in [3.05, 3.63) is 35.5 Å². The number of fused-ring (bicyclic) bond motifs is 1. The zero-order chi connectivity index (χ0) is 17.4. The summed E-state index contributed by atoms with van der Waals surface area (Å²) in [5.74, 6) is -2.94. The summed E-state index contributed by atoms with van der Waals surface area (Å²) < 4.78 is 0. The van der Waals surface area contributed by atoms with Crippen LogP contribution >= 0.6 is 0 Å². The van der Waals surface area contributed by atoms with Gasteiger partial charge in [-0.2, -0.15) is 0 Å². The Kier molecular flexibility index (Phi) is 6.95. The minimum absolute atomic E-state index is 0.741. The van der Waals surface area contributed by atoms with Crippen LogP contribution in [-0.2, 0) is 16.0 Å². The van der Waals surface area contributed by atoms with Gasteiger partial charge in [-0.1, -0.05) is 0 Å². The van der Waals surface area contributed by atoms with Gasteiger partial charge in [-0.15, -0.1) is 0 Å². The number of carbonyl (C=O) groups excluding carboxylic acids is 2. The number of carbonyl (C=O) groups is 3. The summed E-state index contributed by atoms with van der Waals surface area (Å²) in [6.07, 6.45) is 3.06. The third-order valence-corrected chi connectivity index (χ3v) is 3.12. The van der Waals surface area contributed by atoms with Crippen LogP contribution in [0.2, 0.25) is 0 Å². The number of aromatic amines is 1. The molecule has 1 heterocycles. The predicted molar refractivity (Wildman–Crippen MR) is 82.3 cm³/mol. The van der Waals surface area contributed by atoms with Gasteiger partial charge < -0.3 is 24.9 Å². The first kappa shape index (κ1) is 18.4. The molecular weight excluding hydrogens is 300 g/mol. The van der Waals surface area contributed by atoms with E-state index >= 15 is 0 Å². The minimum atomic E-state index is -1.56. The maximum atomic E-state index is 10.7. The van der Waals surface area contributed by atoms with Gasteiger partial charge in [0, 0.05) is 29.1 Å². The highest BCUT2D eigenvalue weighted by Crippen LogP contribution is 2.19. The molecule has 2 aromatic rings. The number of carboxylic acids is 2. The second-order valence-corrected chi connectivity index (χ2v) is 5.39. The van der Waals surface area contributed by atoms with Crippen LogP contribution in [0, 0.1) is 0 Å². The van der Waals surface area contributed by atoms with Crippen molar-refractivity contribution in [2.75, 3.05) is 20.6 Å². The maximum absolute atomic E-state index is 10.7. The maximum Gasteiger partial charge on any atom is 0.309 e. The molecule has 1 aromatic heterocycles. The van der Waals surface area contributed by atoms with Crippen LogP contribution in [-0.4, -0.2) is 49.0 Å². The third-order valence-electron chi connectivity index (χ3n) is 3.12. The van der Waals surface area contributed by atoms with Gasteiger partial charge in [-0.25, -0.2) is 0 Å². The molecule has 3 N–H and O–H groups in total. The van der Waals surface area contributed by atoms with E-state index in [-0.39, 0.29) is 0 Å². The molecule has 0 saturated carbocycles. The predicted octanol–water partition coefficient (Wildman–Crippen LogP) is -1.12. The van der Waals surface area contributed by atoms with Gasteiger partial charge in [0.25, 0.3) is 0 Å². The number of H-pyrrole nitrogens is 1. The van der Waals surface area contributed by atoms with Crippen molar-refractivity contribution >= 4 is 29.1 Å². The van der Waals surface area contributed by atoms with E-state index in [0.717, 1.165) is 30.3 Å². The standard InChI is InChI=1S/C13H16N2O.C3H4O4/c1-15(2)6-5-11-8-14-13-4-3-10(9-16)7-12(11)13;4-2(5)1-3(6)7/h3-4,7-9,14H,5-6H2,1-2H3;1H2,(H,4,5)(H,6,7). The number of rotatable bonds is 6. The average Bonchev–Trinajstić information content (AvgIpc) is 2.86. The van der Waals surface area contributed by atoms with Crippen molar-refractivity contribution in [2.24, 2.45) is 0 Å². The highest BCUT2D eigenvalue weighted by atomic mass is 16.4. The number of hydrogen-bond donors (Lipinski definition) is 3. The van der Waals surface area contributed by atoms with E-state index < -0.39 is 18.4 Å². The molecular formula is C16H20N2O5. The van der Waals surface area contributed by atoms with Gasteiger partial charge in [0.2, 0.25) is 0 Å². The monoisotopic (exact) mass is 320 g/mol. The molecule has 124 valence electrons. The Labute approximate surface area is 133 Å². The van der Waals surface area contributed by atoms with Crippen LogP contribution in [0.25, 0.3) is 10.9 Å². The number of hydrogen-bond acceptors (Lipinski definition) is 4. The van der Waals surface area contributed by atoms with Gasteiger partial charge >= 0.3 is 5.97 Å². The topological polar surface area (TPSA) is 115 Å². The van der Waals surface area contributed by atoms with E-state index in [4.69, 9.17) is 5.11 Å². The summed E-state index contributed by atoms with van der Waals surface area (Å²) in [7, 11) is 4.29. The van der Waals surface area contributed by atoms with Crippen LogP contribution in [0.4, 0.5) is 0 Å². The first-order valence-corrected chi connectivity index (χ1v) is 7.09. The molecule has 0 aliphatic heterocycles. The Morgan fingerprint density at radius 3 is 2.52 bits per heavy atom. The largest absolute Gasteiger partial charge is 0.550 e. The SMILES string of the molecule is C[NH+](C)CCc1c[nH]c2ccc(C=O)cc12.O=C([O-])CC(=O)O. The normalized spacial score (nSPS) is 10.2. The van der Waals surface area contributed by atoms with Crippen LogP contribution in [0.3, 0.4) is 0 Å². The quantitative estimate of drug-likeness (QED) is 0.461. The van der Waals surface area contributed by atoms with Crippen molar-refractivity contribution in [1.29, 1.82) is 0 Å². The van der Waals surface area contributed by atoms with Crippen LogP contribution in [0.15, 0.2) is 24.4 Å². The molecule has 2 rings (SSSR count). The lowest BCUT2D eigenvalue weighted by molar-refractivity contribution is -0.858. The number of aromatic nitrogens is 1. The van der Waals surface area contributed by atoms with E-state index in [1.165, 1.54) is 15.8 Å². The molecule has 1 aromatic carbocycles. The number of benzene rings is 1. The van der Waals surface area contributed by atoms with Crippen molar-refractivity contribution in [1.82, 2.24) is 4.98 Å². The van der Waals surface area contributed by atoms with E-state index in [0.29, 0.717) is 0 Å². The van der Waals surface area contributed by atoms with E-state index in [1.807, 2.05) is 24.4 Å². The number of aldehydes is 1. The summed E-state index contributed by atoms with van der Waals surface area (Å²) in [4.78, 5) is 34.1. The van der Waals surface area contributed by atoms with Crippen LogP contribution in [0.1, 0.15) is 22.3 Å². The minimum Gasteiger partial charge on any atom is -0.550 e. The average molecular weight is 320 g/mol. The highest BCUT2D eigenvalue weighted by Gasteiger charge is 2.05. The second kappa shape index (κ2) is 8.70. The van der Waals surface area contributed by atoms with Crippen LogP contribution < -0.4 is 10.0 Å². The van der Waals surface area contributed by atoms with Gasteiger partial charge in [0.1, 0.15) is 6.29 Å². The molecule has 0 amide bonds. The Balaban J connectivity index is 0.000000322. The molecule has 23 heavy (non-hydrogen) atoms. The fourth-order valence-electron chi connectivity index (χ4n) is 1.98. The number of nitrogens with one attached hydrogen (secondary N) is 2. The molecule has 0 radical (unpaired) electrons. The molecule has 0 spiro atoms. The third kappa shape index (κ3) is 6.31. The Bertz CT molecular complexity index is 679. The lowest BCUT2D eigenvalue weighted by Gasteiger charge is -2.05. The Hall–Kier alpha value is -2.67. The molecule has 0 aliphatic carbocycles. The van der Waals surface area contributed by atoms with E-state index in [1.54, 1.807) is 0 Å². The van der Waals surface area contributed by atoms with Gasteiger partial charge in [0.05, 0.1) is 33.0 Å². The number of aliphatic carboxylic acids is 2. The highest BCUT2D eigenvalue weighted by molar-refractivity contribution is 5.89. The number of likely N-dealkylation sites (N-methyl/N-ethyl adjacent to an activating group) is 1. The van der Waals surface area contributed by atoms with Gasteiger partial charge in [0.15, 0.2) is 0 Å². The van der Waals surface area contributed by atoms with Crippen molar-refractivity contribution in [3.8, 4) is 0 Å². The molecule has 0 saturated heterocycles. The van der Waals surface area contributed by atoms with Crippen molar-refractivity contribution < 1.29 is 29.5 Å². The van der Waals surface area contributed by atoms with Crippen LogP contribution in [0.5, 0.6) is 0 Å². The summed E-state index contributed by atoms with van der Waals surface area (Å²) in [6.45, 7) is 1.10. The molecule has 0 aliphatic rings. The first-order chi connectivity index (χ1) is 10.8. The van der Waals surface area contributed by atoms with E-state index in [2.05, 4.69) is 19.1 Å². The lowest BCUT2D eigenvalue weighted by atomic mass is 10.1. The molecule has 0 unspecified atom stereocenters. The zero-order valence-electron chi connectivity index (χ0n) is 13.1. The fraction of sp³-hybridized carbons (Fsp3) is 0.312. The van der Waals surface area contributed by atoms with Crippen molar-refractivity contribution in [2.45, 2.75) is 12.8 Å². The molecule has 0 atom stereocenters. The van der Waals surface area contributed by atoms with Gasteiger partial charge in [-0.05, 0) is 23.8 Å². The van der Waals surface area contributed by atoms with E-state index in [9.17, 15) is 19.5 Å². The molecule has 7 heteroatoms.